The van der Waals surface area contributed by atoms with E-state index in [1.165, 1.54) is 7.11 Å². The van der Waals surface area contributed by atoms with Crippen molar-refractivity contribution in [1.82, 2.24) is 0 Å². The Bertz CT molecular complexity index is 1080. The van der Waals surface area contributed by atoms with E-state index in [2.05, 4.69) is 50.5 Å². The van der Waals surface area contributed by atoms with Gasteiger partial charge in [-0.2, -0.15) is 0 Å². The maximum Gasteiger partial charge on any atom is 0.337 e. The Kier molecular flexibility index (Phi) is 8.17. The van der Waals surface area contributed by atoms with Gasteiger partial charge < -0.3 is 15.4 Å². The number of carbonyl (C=O) groups excluding carboxylic acids is 2. The van der Waals surface area contributed by atoms with E-state index in [0.29, 0.717) is 23.1 Å². The summed E-state index contributed by atoms with van der Waals surface area (Å²) in [5.74, 6) is 0.255. The number of para-hydroxylation sites is 1. The van der Waals surface area contributed by atoms with Gasteiger partial charge in [0.05, 0.1) is 12.7 Å². The second-order valence-electron chi connectivity index (χ2n) is 8.34. The second-order valence-corrected chi connectivity index (χ2v) is 9.49. The van der Waals surface area contributed by atoms with Crippen molar-refractivity contribution in [3.05, 3.63) is 83.4 Å². The summed E-state index contributed by atoms with van der Waals surface area (Å²) in [6.45, 7) is 8.51. The summed E-state index contributed by atoms with van der Waals surface area (Å²) in [4.78, 5) is 26.3. The first-order valence-corrected chi connectivity index (χ1v) is 11.8. The van der Waals surface area contributed by atoms with Crippen LogP contribution in [0.25, 0.3) is 0 Å². The molecule has 0 spiro atoms. The Morgan fingerprint density at radius 2 is 1.27 bits per heavy atom. The molecule has 0 radical (unpaired) electrons. The minimum atomic E-state index is -0.350. The molecule has 0 unspecified atom stereocenters. The van der Waals surface area contributed by atoms with Gasteiger partial charge in [0.2, 0.25) is 0 Å². The van der Waals surface area contributed by atoms with Crippen LogP contribution in [0.2, 0.25) is 0 Å². The molecule has 0 fully saturated rings. The number of amides is 2. The molecule has 2 N–H and O–H groups in total. The van der Waals surface area contributed by atoms with Gasteiger partial charge in [-0.25, -0.2) is 9.59 Å². The van der Waals surface area contributed by atoms with Crippen LogP contribution in [0, 0.1) is 0 Å². The van der Waals surface area contributed by atoms with Crippen LogP contribution in [0.4, 0.5) is 16.2 Å². The first kappa shape index (κ1) is 24.4. The molecule has 3 aromatic rings. The second kappa shape index (κ2) is 11.1. The van der Waals surface area contributed by atoms with Crippen LogP contribution in [-0.4, -0.2) is 19.1 Å². The highest BCUT2D eigenvalue weighted by Crippen LogP contribution is 2.33. The van der Waals surface area contributed by atoms with Crippen molar-refractivity contribution in [3.63, 3.8) is 0 Å². The van der Waals surface area contributed by atoms with E-state index in [9.17, 15) is 9.59 Å². The van der Waals surface area contributed by atoms with E-state index in [-0.39, 0.29) is 12.0 Å². The number of carbonyl (C=O) groups is 2. The van der Waals surface area contributed by atoms with E-state index >= 15 is 0 Å². The number of anilines is 2. The van der Waals surface area contributed by atoms with Crippen LogP contribution in [0.3, 0.4) is 0 Å². The standard InChI is InChI=1S/C27H30N2O3S/c1-17(2)23-7-6-8-24(18(3)4)25(23)29-27(31)28-20-11-15-22(16-12-20)33-21-13-9-19(10-14-21)26(30)32-5/h6-18H,1-5H3,(H2,28,29,31). The molecule has 0 aliphatic heterocycles. The predicted molar refractivity (Wildman–Crippen MR) is 136 cm³/mol. The molecule has 0 bridgehead atoms. The van der Waals surface area contributed by atoms with E-state index in [0.717, 1.165) is 26.6 Å². The van der Waals surface area contributed by atoms with Crippen molar-refractivity contribution < 1.29 is 14.3 Å². The Labute approximate surface area is 199 Å². The fraction of sp³-hybridized carbons (Fsp3) is 0.259. The predicted octanol–water partition coefficient (Wildman–Crippen LogP) is 7.52. The average molecular weight is 463 g/mol. The van der Waals surface area contributed by atoms with Gasteiger partial charge in [0.25, 0.3) is 0 Å². The summed E-state index contributed by atoms with van der Waals surface area (Å²) in [6, 6.07) is 20.8. The van der Waals surface area contributed by atoms with Crippen LogP contribution in [0.5, 0.6) is 0 Å². The maximum absolute atomic E-state index is 12.8. The lowest BCUT2D eigenvalue weighted by molar-refractivity contribution is 0.0600. The molecular weight excluding hydrogens is 432 g/mol. The van der Waals surface area contributed by atoms with E-state index < -0.39 is 0 Å². The van der Waals surface area contributed by atoms with Crippen molar-refractivity contribution in [2.24, 2.45) is 0 Å². The number of nitrogens with one attached hydrogen (secondary N) is 2. The normalized spacial score (nSPS) is 10.9. The average Bonchev–Trinajstić information content (AvgIpc) is 2.80. The van der Waals surface area contributed by atoms with Crippen LogP contribution < -0.4 is 10.6 Å². The van der Waals surface area contributed by atoms with Gasteiger partial charge in [-0.3, -0.25) is 0 Å². The van der Waals surface area contributed by atoms with Crippen LogP contribution in [0.1, 0.15) is 61.0 Å². The van der Waals surface area contributed by atoms with Gasteiger partial charge in [-0.05, 0) is 71.5 Å². The molecule has 3 aromatic carbocycles. The Morgan fingerprint density at radius 1 is 0.758 bits per heavy atom. The molecule has 5 nitrogen and oxygen atoms in total. The number of methoxy groups -OCH3 is 1. The lowest BCUT2D eigenvalue weighted by Crippen LogP contribution is -2.21. The highest BCUT2D eigenvalue weighted by Gasteiger charge is 2.16. The fourth-order valence-electron chi connectivity index (χ4n) is 3.49. The summed E-state index contributed by atoms with van der Waals surface area (Å²) < 4.78 is 4.73. The zero-order chi connectivity index (χ0) is 24.0. The molecule has 2 amide bonds. The van der Waals surface area contributed by atoms with Gasteiger partial charge in [-0.1, -0.05) is 57.7 Å². The number of benzene rings is 3. The van der Waals surface area contributed by atoms with Crippen molar-refractivity contribution in [1.29, 1.82) is 0 Å². The smallest absolute Gasteiger partial charge is 0.337 e. The summed E-state index contributed by atoms with van der Waals surface area (Å²) >= 11 is 1.58. The number of esters is 1. The summed E-state index contributed by atoms with van der Waals surface area (Å²) in [6.07, 6.45) is 0. The first-order chi connectivity index (χ1) is 15.8. The maximum atomic E-state index is 12.8. The lowest BCUT2D eigenvalue weighted by Gasteiger charge is -2.20. The first-order valence-electron chi connectivity index (χ1n) is 11.0. The quantitative estimate of drug-likeness (QED) is 0.356. The molecule has 6 heteroatoms. The van der Waals surface area contributed by atoms with Crippen molar-refractivity contribution >= 4 is 35.1 Å². The van der Waals surface area contributed by atoms with Gasteiger partial charge in [0.15, 0.2) is 0 Å². The van der Waals surface area contributed by atoms with Crippen LogP contribution in [-0.2, 0) is 4.74 Å². The number of ether oxygens (including phenoxy) is 1. The van der Waals surface area contributed by atoms with Crippen LogP contribution in [0.15, 0.2) is 76.5 Å². The third kappa shape index (κ3) is 6.39. The summed E-state index contributed by atoms with van der Waals surface area (Å²) in [7, 11) is 1.37. The number of rotatable bonds is 7. The largest absolute Gasteiger partial charge is 0.465 e. The zero-order valence-corrected chi connectivity index (χ0v) is 20.5. The van der Waals surface area contributed by atoms with Crippen LogP contribution >= 0.6 is 11.8 Å². The third-order valence-corrected chi connectivity index (χ3v) is 6.25. The highest BCUT2D eigenvalue weighted by molar-refractivity contribution is 7.99. The fourth-order valence-corrected chi connectivity index (χ4v) is 4.31. The third-order valence-electron chi connectivity index (χ3n) is 5.23. The molecule has 0 aliphatic carbocycles. The monoisotopic (exact) mass is 462 g/mol. The molecule has 0 atom stereocenters. The van der Waals surface area contributed by atoms with Crippen molar-refractivity contribution in [3.8, 4) is 0 Å². The van der Waals surface area contributed by atoms with E-state index in [1.54, 1.807) is 23.9 Å². The zero-order valence-electron chi connectivity index (χ0n) is 19.6. The Morgan fingerprint density at radius 3 is 1.76 bits per heavy atom. The molecule has 3 rings (SSSR count). The SMILES string of the molecule is COC(=O)c1ccc(Sc2ccc(NC(=O)Nc3c(C(C)C)cccc3C(C)C)cc2)cc1. The number of hydrogen-bond donors (Lipinski definition) is 2. The highest BCUT2D eigenvalue weighted by atomic mass is 32.2. The molecule has 0 saturated heterocycles. The number of urea groups is 1. The van der Waals surface area contributed by atoms with Gasteiger partial charge >= 0.3 is 12.0 Å². The summed E-state index contributed by atoms with van der Waals surface area (Å²) in [5, 5.41) is 6.00. The minimum absolute atomic E-state index is 0.260. The molecular formula is C27H30N2O3S. The van der Waals surface area contributed by atoms with Gasteiger partial charge in [-0.15, -0.1) is 0 Å². The van der Waals surface area contributed by atoms with Gasteiger partial charge in [0.1, 0.15) is 0 Å². The molecule has 0 saturated carbocycles. The summed E-state index contributed by atoms with van der Waals surface area (Å²) in [5.41, 5.74) is 4.38. The topological polar surface area (TPSA) is 67.4 Å². The Hall–Kier alpha value is -3.25. The lowest BCUT2D eigenvalue weighted by atomic mass is 9.93. The molecule has 172 valence electrons. The van der Waals surface area contributed by atoms with E-state index in [1.807, 2.05) is 42.5 Å². The Balaban J connectivity index is 1.66. The minimum Gasteiger partial charge on any atom is -0.465 e. The van der Waals surface area contributed by atoms with Crippen molar-refractivity contribution in [2.75, 3.05) is 17.7 Å². The van der Waals surface area contributed by atoms with E-state index in [4.69, 9.17) is 4.74 Å². The number of hydrogen-bond acceptors (Lipinski definition) is 4. The molecule has 0 aliphatic rings. The van der Waals surface area contributed by atoms with Gasteiger partial charge in [0, 0.05) is 21.2 Å². The molecule has 0 aromatic heterocycles. The van der Waals surface area contributed by atoms with Crippen molar-refractivity contribution in [2.45, 2.75) is 49.3 Å². The molecule has 33 heavy (non-hydrogen) atoms. The molecule has 0 heterocycles.